The van der Waals surface area contributed by atoms with E-state index in [0.29, 0.717) is 0 Å². The van der Waals surface area contributed by atoms with Crippen LogP contribution in [0.2, 0.25) is 0 Å². The van der Waals surface area contributed by atoms with Crippen molar-refractivity contribution < 1.29 is 9.90 Å². The predicted molar refractivity (Wildman–Crippen MR) is 89.0 cm³/mol. The molecule has 0 spiro atoms. The number of hydrogen-bond acceptors (Lipinski definition) is 3. The predicted octanol–water partition coefficient (Wildman–Crippen LogP) is 4.48. The number of para-hydroxylation sites is 1. The van der Waals surface area contributed by atoms with Crippen molar-refractivity contribution in [2.75, 3.05) is 0 Å². The molecule has 1 heterocycles. The third kappa shape index (κ3) is 3.54. The quantitative estimate of drug-likeness (QED) is 0.722. The summed E-state index contributed by atoms with van der Waals surface area (Å²) in [6.07, 6.45) is 2.71. The van der Waals surface area contributed by atoms with Gasteiger partial charge in [0.05, 0.1) is 5.52 Å². The summed E-state index contributed by atoms with van der Waals surface area (Å²) in [6, 6.07) is 19.8. The number of aromatic nitrogens is 1. The number of pyridine rings is 1. The highest BCUT2D eigenvalue weighted by molar-refractivity contribution is 7.99. The Bertz CT molecular complexity index is 841. The maximum absolute atomic E-state index is 10.5. The van der Waals surface area contributed by atoms with Gasteiger partial charge in [0, 0.05) is 16.4 Å². The first-order valence-electron chi connectivity index (χ1n) is 6.75. The Morgan fingerprint density at radius 1 is 1.00 bits per heavy atom. The number of fused-ring (bicyclic) bond motifs is 1. The van der Waals surface area contributed by atoms with Crippen LogP contribution in [0, 0.1) is 0 Å². The maximum atomic E-state index is 10.5. The number of carbonyl (C=O) groups is 1. The molecule has 0 saturated heterocycles. The fraction of sp³-hybridized carbons (Fsp3) is 0. The SMILES string of the molecule is O=C(O)/C=C/c1ccc(Sc2ccc3ccccc3n2)cc1. The minimum absolute atomic E-state index is 0.859. The van der Waals surface area contributed by atoms with E-state index in [4.69, 9.17) is 5.11 Å². The van der Waals surface area contributed by atoms with E-state index in [9.17, 15) is 4.79 Å². The highest BCUT2D eigenvalue weighted by atomic mass is 32.2. The Morgan fingerprint density at radius 2 is 1.77 bits per heavy atom. The zero-order valence-corrected chi connectivity index (χ0v) is 12.5. The highest BCUT2D eigenvalue weighted by Gasteiger charge is 2.01. The van der Waals surface area contributed by atoms with E-state index in [1.807, 2.05) is 54.6 Å². The molecule has 0 fully saturated rings. The molecule has 0 aliphatic heterocycles. The van der Waals surface area contributed by atoms with Gasteiger partial charge in [0.1, 0.15) is 5.03 Å². The van der Waals surface area contributed by atoms with E-state index in [1.165, 1.54) is 0 Å². The third-order valence-corrected chi connectivity index (χ3v) is 4.04. The molecule has 1 aromatic heterocycles. The number of hydrogen-bond donors (Lipinski definition) is 1. The van der Waals surface area contributed by atoms with Crippen molar-refractivity contribution in [1.82, 2.24) is 4.98 Å². The van der Waals surface area contributed by atoms with E-state index >= 15 is 0 Å². The number of aliphatic carboxylic acids is 1. The average molecular weight is 307 g/mol. The standard InChI is InChI=1S/C18H13NO2S/c20-18(21)12-7-13-5-9-15(10-6-13)22-17-11-8-14-3-1-2-4-16(14)19-17/h1-12H,(H,20,21)/b12-7+. The Labute approximate surface area is 132 Å². The summed E-state index contributed by atoms with van der Waals surface area (Å²) < 4.78 is 0. The monoisotopic (exact) mass is 307 g/mol. The molecule has 0 amide bonds. The van der Waals surface area contributed by atoms with Crippen LogP contribution in [0.25, 0.3) is 17.0 Å². The van der Waals surface area contributed by atoms with Gasteiger partial charge in [0.15, 0.2) is 0 Å². The second-order valence-electron chi connectivity index (χ2n) is 4.68. The first-order chi connectivity index (χ1) is 10.7. The molecule has 1 N–H and O–H groups in total. The fourth-order valence-electron chi connectivity index (χ4n) is 2.04. The number of benzene rings is 2. The minimum Gasteiger partial charge on any atom is -0.478 e. The Hall–Kier alpha value is -2.59. The summed E-state index contributed by atoms with van der Waals surface area (Å²) in [5.74, 6) is -0.946. The second-order valence-corrected chi connectivity index (χ2v) is 5.78. The molecule has 0 aliphatic rings. The molecule has 4 heteroatoms. The normalized spacial score (nSPS) is 11.1. The first kappa shape index (κ1) is 14.4. The van der Waals surface area contributed by atoms with Crippen molar-refractivity contribution in [3.63, 3.8) is 0 Å². The van der Waals surface area contributed by atoms with Crippen molar-refractivity contribution in [2.45, 2.75) is 9.92 Å². The number of nitrogens with zero attached hydrogens (tertiary/aromatic N) is 1. The molecule has 3 aromatic rings. The molecule has 0 atom stereocenters. The van der Waals surface area contributed by atoms with Gasteiger partial charge in [-0.05, 0) is 35.9 Å². The summed E-state index contributed by atoms with van der Waals surface area (Å²) in [5, 5.41) is 10.7. The van der Waals surface area contributed by atoms with Crippen molar-refractivity contribution >= 4 is 34.7 Å². The lowest BCUT2D eigenvalue weighted by Gasteiger charge is -2.03. The minimum atomic E-state index is -0.946. The summed E-state index contributed by atoms with van der Waals surface area (Å²) >= 11 is 1.58. The van der Waals surface area contributed by atoms with Crippen LogP contribution in [0.5, 0.6) is 0 Å². The number of carboxylic acid groups (broad SMARTS) is 1. The molecular weight excluding hydrogens is 294 g/mol. The van der Waals surface area contributed by atoms with Gasteiger partial charge in [-0.3, -0.25) is 0 Å². The molecule has 108 valence electrons. The van der Waals surface area contributed by atoms with Gasteiger partial charge in [-0.25, -0.2) is 9.78 Å². The van der Waals surface area contributed by atoms with E-state index in [-0.39, 0.29) is 0 Å². The summed E-state index contributed by atoms with van der Waals surface area (Å²) in [7, 11) is 0. The lowest BCUT2D eigenvalue weighted by molar-refractivity contribution is -0.131. The van der Waals surface area contributed by atoms with Gasteiger partial charge in [-0.2, -0.15) is 0 Å². The van der Waals surface area contributed by atoms with Crippen LogP contribution in [-0.2, 0) is 4.79 Å². The topological polar surface area (TPSA) is 50.2 Å². The number of carboxylic acids is 1. The third-order valence-electron chi connectivity index (χ3n) is 3.09. The Morgan fingerprint density at radius 3 is 2.55 bits per heavy atom. The molecule has 3 nitrogen and oxygen atoms in total. The Balaban J connectivity index is 1.78. The fourth-order valence-corrected chi connectivity index (χ4v) is 2.83. The molecule has 0 unspecified atom stereocenters. The van der Waals surface area contributed by atoms with Gasteiger partial charge in [-0.15, -0.1) is 0 Å². The van der Waals surface area contributed by atoms with Crippen LogP contribution < -0.4 is 0 Å². The smallest absolute Gasteiger partial charge is 0.328 e. The molecule has 3 rings (SSSR count). The van der Waals surface area contributed by atoms with Crippen molar-refractivity contribution in [3.8, 4) is 0 Å². The van der Waals surface area contributed by atoms with Crippen LogP contribution in [0.4, 0.5) is 0 Å². The summed E-state index contributed by atoms with van der Waals surface area (Å²) in [5.41, 5.74) is 1.84. The van der Waals surface area contributed by atoms with Crippen molar-refractivity contribution in [1.29, 1.82) is 0 Å². The summed E-state index contributed by atoms with van der Waals surface area (Å²) in [4.78, 5) is 16.2. The zero-order valence-electron chi connectivity index (χ0n) is 11.6. The maximum Gasteiger partial charge on any atom is 0.328 e. The van der Waals surface area contributed by atoms with E-state index < -0.39 is 5.97 Å². The van der Waals surface area contributed by atoms with Crippen molar-refractivity contribution in [2.24, 2.45) is 0 Å². The van der Waals surface area contributed by atoms with Gasteiger partial charge in [-0.1, -0.05) is 48.2 Å². The van der Waals surface area contributed by atoms with Crippen LogP contribution in [0.1, 0.15) is 5.56 Å². The van der Waals surface area contributed by atoms with E-state index in [0.717, 1.165) is 32.5 Å². The van der Waals surface area contributed by atoms with Crippen LogP contribution in [0.3, 0.4) is 0 Å². The lowest BCUT2D eigenvalue weighted by atomic mass is 10.2. The molecule has 0 saturated carbocycles. The van der Waals surface area contributed by atoms with Crippen LogP contribution in [0.15, 0.2) is 76.7 Å². The van der Waals surface area contributed by atoms with Gasteiger partial charge in [0.2, 0.25) is 0 Å². The molecule has 0 radical (unpaired) electrons. The number of rotatable bonds is 4. The molecule has 2 aromatic carbocycles. The average Bonchev–Trinajstić information content (AvgIpc) is 2.54. The van der Waals surface area contributed by atoms with Gasteiger partial charge >= 0.3 is 5.97 Å². The molecule has 22 heavy (non-hydrogen) atoms. The largest absolute Gasteiger partial charge is 0.478 e. The lowest BCUT2D eigenvalue weighted by Crippen LogP contribution is -1.85. The Kier molecular flexibility index (Phi) is 4.21. The van der Waals surface area contributed by atoms with Crippen LogP contribution in [-0.4, -0.2) is 16.1 Å². The highest BCUT2D eigenvalue weighted by Crippen LogP contribution is 2.27. The van der Waals surface area contributed by atoms with Crippen molar-refractivity contribution in [3.05, 3.63) is 72.3 Å². The van der Waals surface area contributed by atoms with E-state index in [2.05, 4.69) is 11.1 Å². The molecular formula is C18H13NO2S. The summed E-state index contributed by atoms with van der Waals surface area (Å²) in [6.45, 7) is 0. The molecule has 0 bridgehead atoms. The van der Waals surface area contributed by atoms with Crippen LogP contribution >= 0.6 is 11.8 Å². The second kappa shape index (κ2) is 6.45. The van der Waals surface area contributed by atoms with Gasteiger partial charge in [0.25, 0.3) is 0 Å². The molecule has 0 aliphatic carbocycles. The first-order valence-corrected chi connectivity index (χ1v) is 7.57. The zero-order chi connectivity index (χ0) is 15.4. The van der Waals surface area contributed by atoms with Gasteiger partial charge < -0.3 is 5.11 Å². The van der Waals surface area contributed by atoms with E-state index in [1.54, 1.807) is 17.8 Å².